The first-order valence-corrected chi connectivity index (χ1v) is 13.4. The van der Waals surface area contributed by atoms with E-state index in [1.807, 2.05) is 13.0 Å². The quantitative estimate of drug-likeness (QED) is 0.441. The summed E-state index contributed by atoms with van der Waals surface area (Å²) in [5.41, 5.74) is 1.86. The number of hydrogen-bond acceptors (Lipinski definition) is 5. The van der Waals surface area contributed by atoms with Gasteiger partial charge in [0, 0.05) is 29.2 Å². The van der Waals surface area contributed by atoms with Crippen LogP contribution in [0.2, 0.25) is 5.02 Å². The molecule has 1 saturated heterocycles. The van der Waals surface area contributed by atoms with Crippen LogP contribution >= 0.6 is 11.6 Å². The van der Waals surface area contributed by atoms with Crippen LogP contribution in [0, 0.1) is 12.8 Å². The molecule has 1 heterocycles. The number of aryl methyl sites for hydroxylation is 1. The molecule has 3 aromatic rings. The molecule has 0 bridgehead atoms. The summed E-state index contributed by atoms with van der Waals surface area (Å²) in [7, 11) is -2.45. The molecule has 0 unspecified atom stereocenters. The standard InChI is InChI=1S/C27H27ClN2O5S/c1-18-10-13-24(35-2)25(15-18)36(33,34)30-14-6-9-20(17-30)27(32)29-23-12-11-21(28)16-22(23)26(31)19-7-4-3-5-8-19/h3-5,7-8,10-13,15-16,20H,6,9,14,17H2,1-2H3,(H,29,32)/t20-/m0/s1. The molecular weight excluding hydrogens is 500 g/mol. The monoisotopic (exact) mass is 526 g/mol. The number of ether oxygens (including phenoxy) is 1. The molecule has 1 atom stereocenters. The van der Waals surface area contributed by atoms with Crippen molar-refractivity contribution in [3.63, 3.8) is 0 Å². The Balaban J connectivity index is 1.56. The van der Waals surface area contributed by atoms with Gasteiger partial charge in [0.2, 0.25) is 15.9 Å². The van der Waals surface area contributed by atoms with Gasteiger partial charge in [0.25, 0.3) is 0 Å². The minimum absolute atomic E-state index is 0.0286. The highest BCUT2D eigenvalue weighted by atomic mass is 35.5. The van der Waals surface area contributed by atoms with E-state index in [0.717, 1.165) is 5.56 Å². The highest BCUT2D eigenvalue weighted by molar-refractivity contribution is 7.89. The van der Waals surface area contributed by atoms with Crippen molar-refractivity contribution in [1.29, 1.82) is 0 Å². The summed E-state index contributed by atoms with van der Waals surface area (Å²) in [6, 6.07) is 18.4. The normalized spacial score (nSPS) is 16.4. The van der Waals surface area contributed by atoms with Gasteiger partial charge in [-0.1, -0.05) is 48.0 Å². The van der Waals surface area contributed by atoms with Crippen molar-refractivity contribution >= 4 is 39.0 Å². The van der Waals surface area contributed by atoms with Crippen molar-refractivity contribution in [2.45, 2.75) is 24.7 Å². The van der Waals surface area contributed by atoms with Crippen LogP contribution in [0.3, 0.4) is 0 Å². The van der Waals surface area contributed by atoms with Gasteiger partial charge in [0.05, 0.1) is 18.7 Å². The fraction of sp³-hybridized carbons (Fsp3) is 0.259. The average Bonchev–Trinajstić information content (AvgIpc) is 2.89. The van der Waals surface area contributed by atoms with Crippen LogP contribution in [0.1, 0.15) is 34.3 Å². The lowest BCUT2D eigenvalue weighted by Gasteiger charge is -2.31. The zero-order valence-corrected chi connectivity index (χ0v) is 21.6. The van der Waals surface area contributed by atoms with Crippen LogP contribution in [0.15, 0.2) is 71.6 Å². The number of nitrogens with one attached hydrogen (secondary N) is 1. The van der Waals surface area contributed by atoms with Gasteiger partial charge in [0.1, 0.15) is 10.6 Å². The topological polar surface area (TPSA) is 92.8 Å². The van der Waals surface area contributed by atoms with Gasteiger partial charge in [-0.25, -0.2) is 8.42 Å². The number of nitrogens with zero attached hydrogens (tertiary/aromatic N) is 1. The lowest BCUT2D eigenvalue weighted by molar-refractivity contribution is -0.120. The molecule has 1 aliphatic heterocycles. The van der Waals surface area contributed by atoms with E-state index in [1.165, 1.54) is 17.5 Å². The first kappa shape index (κ1) is 25.9. The smallest absolute Gasteiger partial charge is 0.246 e. The third kappa shape index (κ3) is 5.46. The van der Waals surface area contributed by atoms with Gasteiger partial charge in [-0.05, 0) is 55.7 Å². The predicted octanol–water partition coefficient (Wildman–Crippen LogP) is 4.93. The molecule has 9 heteroatoms. The van der Waals surface area contributed by atoms with Crippen molar-refractivity contribution in [1.82, 2.24) is 4.31 Å². The molecule has 1 fully saturated rings. The number of sulfonamides is 1. The van der Waals surface area contributed by atoms with Crippen molar-refractivity contribution < 1.29 is 22.7 Å². The lowest BCUT2D eigenvalue weighted by atomic mass is 9.97. The number of carbonyl (C=O) groups excluding carboxylic acids is 2. The summed E-state index contributed by atoms with van der Waals surface area (Å²) in [6.45, 7) is 2.15. The van der Waals surface area contributed by atoms with Crippen molar-refractivity contribution in [3.8, 4) is 5.75 Å². The highest BCUT2D eigenvalue weighted by Crippen LogP contribution is 2.31. The third-order valence-corrected chi connectivity index (χ3v) is 8.33. The second-order valence-corrected chi connectivity index (χ2v) is 11.1. The summed E-state index contributed by atoms with van der Waals surface area (Å²) in [4.78, 5) is 26.4. The Labute approximate surface area is 216 Å². The van der Waals surface area contributed by atoms with Gasteiger partial charge in [-0.3, -0.25) is 9.59 Å². The van der Waals surface area contributed by atoms with E-state index in [9.17, 15) is 18.0 Å². The minimum Gasteiger partial charge on any atom is -0.495 e. The van der Waals surface area contributed by atoms with Crippen molar-refractivity contribution in [2.24, 2.45) is 5.92 Å². The Kier molecular flexibility index (Phi) is 7.78. The van der Waals surface area contributed by atoms with Gasteiger partial charge in [0.15, 0.2) is 5.78 Å². The molecule has 1 N–H and O–H groups in total. The zero-order valence-electron chi connectivity index (χ0n) is 20.0. The number of hydrogen-bond donors (Lipinski definition) is 1. The number of ketones is 1. The van der Waals surface area contributed by atoms with Crippen LogP contribution < -0.4 is 10.1 Å². The predicted molar refractivity (Wildman–Crippen MR) is 139 cm³/mol. The zero-order chi connectivity index (χ0) is 25.9. The molecule has 1 aliphatic rings. The molecule has 36 heavy (non-hydrogen) atoms. The largest absolute Gasteiger partial charge is 0.495 e. The number of anilines is 1. The van der Waals surface area contributed by atoms with Crippen molar-refractivity contribution in [2.75, 3.05) is 25.5 Å². The summed E-state index contributed by atoms with van der Waals surface area (Å²) < 4.78 is 33.5. The summed E-state index contributed by atoms with van der Waals surface area (Å²) >= 11 is 6.15. The maximum atomic E-state index is 13.4. The maximum Gasteiger partial charge on any atom is 0.246 e. The van der Waals surface area contributed by atoms with E-state index in [1.54, 1.807) is 54.6 Å². The number of amides is 1. The fourth-order valence-corrected chi connectivity index (χ4v) is 6.23. The Hall–Kier alpha value is -3.20. The molecule has 0 radical (unpaired) electrons. The Morgan fingerprint density at radius 3 is 2.53 bits per heavy atom. The van der Waals surface area contributed by atoms with Gasteiger partial charge in [-0.2, -0.15) is 4.31 Å². The first-order chi connectivity index (χ1) is 17.2. The second kappa shape index (κ2) is 10.8. The lowest BCUT2D eigenvalue weighted by Crippen LogP contribution is -2.43. The number of halogens is 1. The van der Waals surface area contributed by atoms with Crippen LogP contribution in [0.25, 0.3) is 0 Å². The SMILES string of the molecule is COc1ccc(C)cc1S(=O)(=O)N1CCC[C@H](C(=O)Nc2ccc(Cl)cc2C(=O)c2ccccc2)C1. The van der Waals surface area contributed by atoms with E-state index < -0.39 is 15.9 Å². The Morgan fingerprint density at radius 1 is 1.06 bits per heavy atom. The van der Waals surface area contributed by atoms with Crippen molar-refractivity contribution in [3.05, 3.63) is 88.4 Å². The molecule has 4 rings (SSSR count). The second-order valence-electron chi connectivity index (χ2n) is 8.73. The van der Waals surface area contributed by atoms with E-state index in [-0.39, 0.29) is 34.4 Å². The number of rotatable bonds is 7. The van der Waals surface area contributed by atoms with Gasteiger partial charge < -0.3 is 10.1 Å². The van der Waals surface area contributed by atoms with Crippen LogP contribution in [0.5, 0.6) is 5.75 Å². The Bertz CT molecular complexity index is 1390. The van der Waals surface area contributed by atoms with Crippen LogP contribution in [0.4, 0.5) is 5.69 Å². The van der Waals surface area contributed by atoms with Crippen LogP contribution in [-0.4, -0.2) is 44.6 Å². The van der Waals surface area contributed by atoms with E-state index in [4.69, 9.17) is 16.3 Å². The van der Waals surface area contributed by atoms with Gasteiger partial charge >= 0.3 is 0 Å². The molecule has 0 spiro atoms. The average molecular weight is 527 g/mol. The number of methoxy groups -OCH3 is 1. The summed E-state index contributed by atoms with van der Waals surface area (Å²) in [6.07, 6.45) is 1.06. The number of piperidine rings is 1. The highest BCUT2D eigenvalue weighted by Gasteiger charge is 2.35. The minimum atomic E-state index is -3.87. The molecule has 1 amide bonds. The number of benzene rings is 3. The Morgan fingerprint density at radius 2 is 1.81 bits per heavy atom. The van der Waals surface area contributed by atoms with E-state index >= 15 is 0 Å². The molecule has 188 valence electrons. The summed E-state index contributed by atoms with van der Waals surface area (Å²) in [5, 5.41) is 3.21. The molecular formula is C27H27ClN2O5S. The first-order valence-electron chi connectivity index (χ1n) is 11.6. The molecule has 3 aromatic carbocycles. The van der Waals surface area contributed by atoms with E-state index in [2.05, 4.69) is 5.32 Å². The maximum absolute atomic E-state index is 13.4. The van der Waals surface area contributed by atoms with Gasteiger partial charge in [-0.15, -0.1) is 0 Å². The molecule has 7 nitrogen and oxygen atoms in total. The molecule has 0 saturated carbocycles. The third-order valence-electron chi connectivity index (χ3n) is 6.21. The fourth-order valence-electron chi connectivity index (χ4n) is 4.29. The molecule has 0 aliphatic carbocycles. The van der Waals surface area contributed by atoms with E-state index in [0.29, 0.717) is 35.7 Å². The summed E-state index contributed by atoms with van der Waals surface area (Å²) in [5.74, 6) is -0.944. The molecule has 0 aromatic heterocycles. The number of carbonyl (C=O) groups is 2. The van der Waals surface area contributed by atoms with Crippen LogP contribution in [-0.2, 0) is 14.8 Å².